The van der Waals surface area contributed by atoms with Crippen molar-refractivity contribution in [3.8, 4) is 17.2 Å². The van der Waals surface area contributed by atoms with Crippen LogP contribution in [0.4, 0.5) is 5.82 Å². The minimum Gasteiger partial charge on any atom is -0.493 e. The summed E-state index contributed by atoms with van der Waals surface area (Å²) in [4.78, 5) is 25.6. The molecule has 0 N–H and O–H groups in total. The van der Waals surface area contributed by atoms with Crippen LogP contribution in [-0.2, 0) is 0 Å². The molecule has 1 aliphatic rings. The van der Waals surface area contributed by atoms with Crippen molar-refractivity contribution in [2.75, 3.05) is 52.4 Å². The lowest BCUT2D eigenvalue weighted by Gasteiger charge is -2.35. The fourth-order valence-electron chi connectivity index (χ4n) is 3.20. The van der Waals surface area contributed by atoms with Crippen LogP contribution in [-0.4, -0.2) is 68.3 Å². The summed E-state index contributed by atoms with van der Waals surface area (Å²) in [6.07, 6.45) is 1.56. The number of piperazine rings is 1. The molecule has 0 saturated carbocycles. The molecular formula is C19H23BrN4O4. The smallest absolute Gasteiger partial charge is 0.255 e. The van der Waals surface area contributed by atoms with Gasteiger partial charge in [0, 0.05) is 37.9 Å². The topological polar surface area (TPSA) is 77.0 Å². The first-order chi connectivity index (χ1) is 13.5. The van der Waals surface area contributed by atoms with E-state index in [4.69, 9.17) is 14.2 Å². The fourth-order valence-corrected chi connectivity index (χ4v) is 3.83. The Morgan fingerprint density at radius 1 is 1.00 bits per heavy atom. The number of rotatable bonds is 5. The summed E-state index contributed by atoms with van der Waals surface area (Å²) in [5.41, 5.74) is 1.39. The zero-order chi connectivity index (χ0) is 20.3. The zero-order valence-corrected chi connectivity index (χ0v) is 17.9. The summed E-state index contributed by atoms with van der Waals surface area (Å²) in [5.74, 6) is 2.11. The number of benzene rings is 1. The van der Waals surface area contributed by atoms with Crippen LogP contribution in [0, 0.1) is 6.92 Å². The molecule has 1 fully saturated rings. The van der Waals surface area contributed by atoms with Gasteiger partial charge in [0.25, 0.3) is 5.91 Å². The van der Waals surface area contributed by atoms with Crippen molar-refractivity contribution in [1.82, 2.24) is 14.9 Å². The van der Waals surface area contributed by atoms with Crippen molar-refractivity contribution in [2.45, 2.75) is 6.92 Å². The molecule has 1 aromatic heterocycles. The van der Waals surface area contributed by atoms with Gasteiger partial charge in [-0.1, -0.05) is 0 Å². The molecule has 9 heteroatoms. The van der Waals surface area contributed by atoms with Gasteiger partial charge in [0.2, 0.25) is 5.75 Å². The molecule has 0 atom stereocenters. The summed E-state index contributed by atoms with van der Waals surface area (Å²) in [6.45, 7) is 4.51. The zero-order valence-electron chi connectivity index (χ0n) is 16.4. The Bertz CT molecular complexity index is 869. The van der Waals surface area contributed by atoms with Crippen LogP contribution in [0.3, 0.4) is 0 Å². The molecule has 0 radical (unpaired) electrons. The van der Waals surface area contributed by atoms with Crippen LogP contribution < -0.4 is 19.1 Å². The van der Waals surface area contributed by atoms with Crippen molar-refractivity contribution >= 4 is 27.7 Å². The van der Waals surface area contributed by atoms with Crippen LogP contribution >= 0.6 is 15.9 Å². The van der Waals surface area contributed by atoms with E-state index in [-0.39, 0.29) is 5.91 Å². The predicted molar refractivity (Wildman–Crippen MR) is 109 cm³/mol. The summed E-state index contributed by atoms with van der Waals surface area (Å²) < 4.78 is 16.7. The first-order valence-electron chi connectivity index (χ1n) is 8.81. The van der Waals surface area contributed by atoms with Crippen molar-refractivity contribution < 1.29 is 19.0 Å². The van der Waals surface area contributed by atoms with Gasteiger partial charge >= 0.3 is 0 Å². The lowest BCUT2D eigenvalue weighted by Crippen LogP contribution is -2.49. The van der Waals surface area contributed by atoms with Gasteiger partial charge < -0.3 is 24.0 Å². The Balaban J connectivity index is 1.80. The Morgan fingerprint density at radius 2 is 1.68 bits per heavy atom. The number of nitrogens with zero attached hydrogens (tertiary/aromatic N) is 4. The molecule has 1 aromatic carbocycles. The molecule has 2 aromatic rings. The standard InChI is InChI=1S/C19H23BrN4O4/c1-12-9-15(22-11-21-12)23-5-7-24(8-6-23)19(25)13-10-14(26-2)17(27-3)18(28-4)16(13)20/h9-11H,5-8H2,1-4H3. The predicted octanol–water partition coefficient (Wildman–Crippen LogP) is 2.54. The second-order valence-electron chi connectivity index (χ2n) is 6.30. The van der Waals surface area contributed by atoms with E-state index in [9.17, 15) is 4.79 Å². The summed E-state index contributed by atoms with van der Waals surface area (Å²) in [5, 5.41) is 0. The molecule has 2 heterocycles. The van der Waals surface area contributed by atoms with E-state index in [1.165, 1.54) is 21.3 Å². The van der Waals surface area contributed by atoms with Crippen LogP contribution in [0.5, 0.6) is 17.2 Å². The fraction of sp³-hybridized carbons (Fsp3) is 0.421. The van der Waals surface area contributed by atoms with E-state index in [0.717, 1.165) is 11.5 Å². The highest BCUT2D eigenvalue weighted by Crippen LogP contribution is 2.45. The van der Waals surface area contributed by atoms with E-state index < -0.39 is 0 Å². The van der Waals surface area contributed by atoms with Crippen molar-refractivity contribution in [3.63, 3.8) is 0 Å². The van der Waals surface area contributed by atoms with Gasteiger partial charge in [0.05, 0.1) is 31.4 Å². The third-order valence-electron chi connectivity index (χ3n) is 4.68. The van der Waals surface area contributed by atoms with Gasteiger partial charge in [-0.25, -0.2) is 9.97 Å². The van der Waals surface area contributed by atoms with Crippen LogP contribution in [0.15, 0.2) is 22.9 Å². The van der Waals surface area contributed by atoms with Crippen LogP contribution in [0.2, 0.25) is 0 Å². The molecule has 1 saturated heterocycles. The van der Waals surface area contributed by atoms with Gasteiger partial charge in [0.1, 0.15) is 12.1 Å². The van der Waals surface area contributed by atoms with Crippen LogP contribution in [0.25, 0.3) is 0 Å². The van der Waals surface area contributed by atoms with Crippen molar-refractivity contribution in [2.24, 2.45) is 0 Å². The highest BCUT2D eigenvalue weighted by atomic mass is 79.9. The summed E-state index contributed by atoms with van der Waals surface area (Å²) in [7, 11) is 4.59. The molecule has 150 valence electrons. The molecule has 0 bridgehead atoms. The summed E-state index contributed by atoms with van der Waals surface area (Å²) in [6, 6.07) is 3.63. The number of aromatic nitrogens is 2. The number of halogens is 1. The molecule has 8 nitrogen and oxygen atoms in total. The lowest BCUT2D eigenvalue weighted by atomic mass is 10.1. The van der Waals surface area contributed by atoms with E-state index in [2.05, 4.69) is 30.8 Å². The van der Waals surface area contributed by atoms with Gasteiger partial charge in [-0.3, -0.25) is 4.79 Å². The van der Waals surface area contributed by atoms with E-state index in [1.807, 2.05) is 17.9 Å². The largest absolute Gasteiger partial charge is 0.493 e. The van der Waals surface area contributed by atoms with Gasteiger partial charge in [-0.05, 0) is 28.9 Å². The molecular weight excluding hydrogens is 428 g/mol. The lowest BCUT2D eigenvalue weighted by molar-refractivity contribution is 0.0744. The molecule has 0 spiro atoms. The average molecular weight is 451 g/mol. The average Bonchev–Trinajstić information content (AvgIpc) is 2.72. The quantitative estimate of drug-likeness (QED) is 0.692. The molecule has 28 heavy (non-hydrogen) atoms. The van der Waals surface area contributed by atoms with E-state index >= 15 is 0 Å². The highest BCUT2D eigenvalue weighted by Gasteiger charge is 2.28. The number of methoxy groups -OCH3 is 3. The Morgan fingerprint density at radius 3 is 2.25 bits per heavy atom. The number of hydrogen-bond acceptors (Lipinski definition) is 7. The molecule has 3 rings (SSSR count). The van der Waals surface area contributed by atoms with E-state index in [1.54, 1.807) is 12.4 Å². The minimum atomic E-state index is -0.0929. The first-order valence-corrected chi connectivity index (χ1v) is 9.60. The molecule has 0 aliphatic carbocycles. The van der Waals surface area contributed by atoms with Gasteiger partial charge in [-0.2, -0.15) is 0 Å². The normalized spacial score (nSPS) is 14.0. The van der Waals surface area contributed by atoms with E-state index in [0.29, 0.717) is 53.5 Å². The van der Waals surface area contributed by atoms with Crippen molar-refractivity contribution in [3.05, 3.63) is 34.2 Å². The number of carbonyl (C=O) groups is 1. The Hall–Kier alpha value is -2.55. The number of aryl methyl sites for hydroxylation is 1. The van der Waals surface area contributed by atoms with Gasteiger partial charge in [0.15, 0.2) is 11.5 Å². The highest BCUT2D eigenvalue weighted by molar-refractivity contribution is 9.10. The maximum atomic E-state index is 13.2. The maximum Gasteiger partial charge on any atom is 0.255 e. The second kappa shape index (κ2) is 8.64. The number of hydrogen-bond donors (Lipinski definition) is 0. The molecule has 0 unspecified atom stereocenters. The number of carbonyl (C=O) groups excluding carboxylic acids is 1. The first kappa shape index (κ1) is 20.2. The Kier molecular flexibility index (Phi) is 6.23. The van der Waals surface area contributed by atoms with Crippen LogP contribution in [0.1, 0.15) is 16.1 Å². The molecule has 1 aliphatic heterocycles. The Labute approximate surface area is 172 Å². The number of ether oxygens (including phenoxy) is 3. The number of amides is 1. The number of anilines is 1. The molecule has 1 amide bonds. The second-order valence-corrected chi connectivity index (χ2v) is 7.10. The third-order valence-corrected chi connectivity index (χ3v) is 5.47. The maximum absolute atomic E-state index is 13.2. The van der Waals surface area contributed by atoms with Gasteiger partial charge in [-0.15, -0.1) is 0 Å². The third kappa shape index (κ3) is 3.84. The summed E-state index contributed by atoms with van der Waals surface area (Å²) >= 11 is 3.48. The minimum absolute atomic E-state index is 0.0929. The monoisotopic (exact) mass is 450 g/mol. The van der Waals surface area contributed by atoms with Crippen molar-refractivity contribution in [1.29, 1.82) is 0 Å². The SMILES string of the molecule is COc1cc(C(=O)N2CCN(c3cc(C)ncn3)CC2)c(Br)c(OC)c1OC.